The third-order valence-electron chi connectivity index (χ3n) is 9.15. The van der Waals surface area contributed by atoms with E-state index in [0.717, 1.165) is 81.9 Å². The molecular weight excluding hydrogens is 593 g/mol. The van der Waals surface area contributed by atoms with Gasteiger partial charge in [-0.15, -0.1) is 0 Å². The molecule has 0 atom stereocenters. The molecule has 0 spiro atoms. The summed E-state index contributed by atoms with van der Waals surface area (Å²) in [6.07, 6.45) is 0. The van der Waals surface area contributed by atoms with E-state index >= 15 is 0 Å². The molecule has 0 bridgehead atoms. The number of para-hydroxylation sites is 1. The van der Waals surface area contributed by atoms with E-state index in [2.05, 4.69) is 84.9 Å². The number of rotatable bonds is 5. The molecule has 9 rings (SSSR count). The van der Waals surface area contributed by atoms with E-state index in [1.807, 2.05) is 84.9 Å². The molecule has 2 heterocycles. The van der Waals surface area contributed by atoms with Crippen LogP contribution in [0.15, 0.2) is 174 Å². The smallest absolute Gasteiger partial charge is 0.171 e. The third kappa shape index (κ3) is 4.43. The van der Waals surface area contributed by atoms with Crippen molar-refractivity contribution in [3.8, 4) is 22.4 Å². The Balaban J connectivity index is 1.23. The first-order valence-electron chi connectivity index (χ1n) is 15.7. The van der Waals surface area contributed by atoms with Crippen molar-refractivity contribution in [1.29, 1.82) is 0 Å². The van der Waals surface area contributed by atoms with Gasteiger partial charge in [0.15, 0.2) is 7.14 Å². The lowest BCUT2D eigenvalue weighted by Gasteiger charge is -2.20. The maximum atomic E-state index is 14.9. The number of pyridine rings is 1. The Morgan fingerprint density at radius 3 is 1.70 bits per heavy atom. The SMILES string of the molecule is O=P(c1ccccc1)(c1ccccc1)c1ccc(-c2ccc3oc4ccc5c(-c6ccccc6)nc6ccccc6c5c4c3c2)cc1. The second-order valence-corrected chi connectivity index (χ2v) is 14.6. The summed E-state index contributed by atoms with van der Waals surface area (Å²) in [6, 6.07) is 57.1. The van der Waals surface area contributed by atoms with Crippen molar-refractivity contribution >= 4 is 66.7 Å². The summed E-state index contributed by atoms with van der Waals surface area (Å²) < 4.78 is 21.3. The summed E-state index contributed by atoms with van der Waals surface area (Å²) in [4.78, 5) is 5.13. The second kappa shape index (κ2) is 10.9. The van der Waals surface area contributed by atoms with Crippen LogP contribution in [-0.4, -0.2) is 4.98 Å². The van der Waals surface area contributed by atoms with Crippen LogP contribution in [0.3, 0.4) is 0 Å². The summed E-state index contributed by atoms with van der Waals surface area (Å²) in [7, 11) is -3.05. The largest absolute Gasteiger partial charge is 0.456 e. The van der Waals surface area contributed by atoms with Crippen LogP contribution in [0.5, 0.6) is 0 Å². The normalized spacial score (nSPS) is 11.9. The van der Waals surface area contributed by atoms with Crippen LogP contribution in [0.25, 0.3) is 66.0 Å². The monoisotopic (exact) mass is 621 g/mol. The molecule has 0 N–H and O–H groups in total. The van der Waals surface area contributed by atoms with E-state index in [1.54, 1.807) is 0 Å². The third-order valence-corrected chi connectivity index (χ3v) is 12.2. The summed E-state index contributed by atoms with van der Waals surface area (Å²) in [5.41, 5.74) is 6.81. The van der Waals surface area contributed by atoms with Gasteiger partial charge in [-0.3, -0.25) is 0 Å². The van der Waals surface area contributed by atoms with Crippen LogP contribution >= 0.6 is 7.14 Å². The standard InChI is InChI=1S/C43H28NO2P/c45-47(32-14-6-2-7-15-32,33-16-8-3-9-17-33)34-23-20-29(21-24-34)31-22-26-39-37(28-31)42-40(46-39)27-25-36-41(42)35-18-10-11-19-38(35)44-43(36)30-12-4-1-5-13-30/h1-28H. The number of hydrogen-bond acceptors (Lipinski definition) is 3. The summed E-state index contributed by atoms with van der Waals surface area (Å²) in [5, 5.41) is 7.95. The highest BCUT2D eigenvalue weighted by Crippen LogP contribution is 2.44. The van der Waals surface area contributed by atoms with Gasteiger partial charge in [0, 0.05) is 48.4 Å². The van der Waals surface area contributed by atoms with Gasteiger partial charge in [-0.25, -0.2) is 4.98 Å². The molecule has 222 valence electrons. The predicted octanol–water partition coefficient (Wildman–Crippen LogP) is 10.3. The Morgan fingerprint density at radius 1 is 0.426 bits per heavy atom. The Bertz CT molecular complexity index is 2590. The van der Waals surface area contributed by atoms with Crippen molar-refractivity contribution in [2.24, 2.45) is 0 Å². The number of nitrogens with zero attached hydrogens (tertiary/aromatic N) is 1. The molecule has 0 amide bonds. The van der Waals surface area contributed by atoms with E-state index in [0.29, 0.717) is 0 Å². The Hall–Kier alpha value is -5.76. The molecule has 0 fully saturated rings. The molecule has 0 unspecified atom stereocenters. The Labute approximate surface area is 272 Å². The van der Waals surface area contributed by atoms with E-state index < -0.39 is 7.14 Å². The van der Waals surface area contributed by atoms with Gasteiger partial charge in [-0.05, 0) is 41.5 Å². The lowest BCUT2D eigenvalue weighted by atomic mass is 9.95. The number of benzene rings is 7. The first-order valence-corrected chi connectivity index (χ1v) is 17.4. The van der Waals surface area contributed by atoms with Crippen molar-refractivity contribution in [2.45, 2.75) is 0 Å². The molecule has 47 heavy (non-hydrogen) atoms. The number of hydrogen-bond donors (Lipinski definition) is 0. The topological polar surface area (TPSA) is 43.1 Å². The predicted molar refractivity (Wildman–Crippen MR) is 197 cm³/mol. The molecule has 9 aromatic rings. The molecule has 3 nitrogen and oxygen atoms in total. The Kier molecular flexibility index (Phi) is 6.41. The molecule has 7 aromatic carbocycles. The van der Waals surface area contributed by atoms with Gasteiger partial charge in [0.25, 0.3) is 0 Å². The van der Waals surface area contributed by atoms with Gasteiger partial charge in [0.2, 0.25) is 0 Å². The zero-order valence-electron chi connectivity index (χ0n) is 25.4. The first-order chi connectivity index (χ1) is 23.2. The van der Waals surface area contributed by atoms with E-state index in [1.165, 1.54) is 0 Å². The van der Waals surface area contributed by atoms with Crippen molar-refractivity contribution in [2.75, 3.05) is 0 Å². The maximum absolute atomic E-state index is 14.9. The van der Waals surface area contributed by atoms with E-state index in [4.69, 9.17) is 9.40 Å². The average Bonchev–Trinajstić information content (AvgIpc) is 3.53. The minimum Gasteiger partial charge on any atom is -0.456 e. The fourth-order valence-corrected chi connectivity index (χ4v) is 9.54. The molecule has 0 aliphatic heterocycles. The number of furan rings is 1. The van der Waals surface area contributed by atoms with E-state index in [9.17, 15) is 4.57 Å². The zero-order valence-corrected chi connectivity index (χ0v) is 26.3. The lowest BCUT2D eigenvalue weighted by Crippen LogP contribution is -2.24. The van der Waals surface area contributed by atoms with Crippen molar-refractivity contribution < 1.29 is 8.98 Å². The highest BCUT2D eigenvalue weighted by Gasteiger charge is 2.29. The summed E-state index contributed by atoms with van der Waals surface area (Å²) in [6.45, 7) is 0. The van der Waals surface area contributed by atoms with Gasteiger partial charge in [0.05, 0.1) is 11.2 Å². The van der Waals surface area contributed by atoms with Gasteiger partial charge in [-0.2, -0.15) is 0 Å². The van der Waals surface area contributed by atoms with Crippen LogP contribution in [0.1, 0.15) is 0 Å². The first kappa shape index (κ1) is 27.5. The van der Waals surface area contributed by atoms with Gasteiger partial charge in [-0.1, -0.05) is 140 Å². The number of aromatic nitrogens is 1. The maximum Gasteiger partial charge on any atom is 0.171 e. The number of fused-ring (bicyclic) bond motifs is 7. The molecule has 0 saturated carbocycles. The van der Waals surface area contributed by atoms with Gasteiger partial charge < -0.3 is 8.98 Å². The van der Waals surface area contributed by atoms with Crippen molar-refractivity contribution in [3.63, 3.8) is 0 Å². The summed E-state index contributed by atoms with van der Waals surface area (Å²) >= 11 is 0. The van der Waals surface area contributed by atoms with Crippen molar-refractivity contribution in [1.82, 2.24) is 4.98 Å². The Morgan fingerprint density at radius 2 is 1.00 bits per heavy atom. The molecule has 2 aromatic heterocycles. The molecule has 0 saturated heterocycles. The fourth-order valence-electron chi connectivity index (χ4n) is 6.89. The molecule has 0 aliphatic rings. The van der Waals surface area contributed by atoms with E-state index in [-0.39, 0.29) is 0 Å². The molecular formula is C43H28NO2P. The summed E-state index contributed by atoms with van der Waals surface area (Å²) in [5.74, 6) is 0. The highest BCUT2D eigenvalue weighted by atomic mass is 31.2. The van der Waals surface area contributed by atoms with Crippen molar-refractivity contribution in [3.05, 3.63) is 170 Å². The molecule has 0 aliphatic carbocycles. The fraction of sp³-hybridized carbons (Fsp3) is 0. The zero-order chi connectivity index (χ0) is 31.4. The van der Waals surface area contributed by atoms with Crippen LogP contribution in [0.4, 0.5) is 0 Å². The minimum absolute atomic E-state index is 0.812. The van der Waals surface area contributed by atoms with Crippen LogP contribution in [0, 0.1) is 0 Å². The lowest BCUT2D eigenvalue weighted by molar-refractivity contribution is 0.592. The van der Waals surface area contributed by atoms with Crippen LogP contribution < -0.4 is 15.9 Å². The molecule has 4 heteroatoms. The van der Waals surface area contributed by atoms with Gasteiger partial charge in [0.1, 0.15) is 11.2 Å². The minimum atomic E-state index is -3.05. The highest BCUT2D eigenvalue weighted by molar-refractivity contribution is 7.85. The molecule has 0 radical (unpaired) electrons. The van der Waals surface area contributed by atoms with Crippen LogP contribution in [0.2, 0.25) is 0 Å². The second-order valence-electron chi connectivity index (χ2n) is 11.8. The average molecular weight is 622 g/mol. The quantitative estimate of drug-likeness (QED) is 0.142. The van der Waals surface area contributed by atoms with Crippen LogP contribution in [-0.2, 0) is 4.57 Å². The van der Waals surface area contributed by atoms with Gasteiger partial charge >= 0.3 is 0 Å².